The summed E-state index contributed by atoms with van der Waals surface area (Å²) in [4.78, 5) is 14.8. The third-order valence-corrected chi connectivity index (χ3v) is 5.57. The summed E-state index contributed by atoms with van der Waals surface area (Å²) in [6.07, 6.45) is 5.06. The zero-order valence-corrected chi connectivity index (χ0v) is 19.0. The van der Waals surface area contributed by atoms with Gasteiger partial charge in [-0.25, -0.2) is 0 Å². The van der Waals surface area contributed by atoms with Gasteiger partial charge < -0.3 is 23.8 Å². The maximum atomic E-state index is 12.4. The predicted molar refractivity (Wildman–Crippen MR) is 123 cm³/mol. The van der Waals surface area contributed by atoms with E-state index in [2.05, 4.69) is 37.1 Å². The Hall–Kier alpha value is -3.43. The van der Waals surface area contributed by atoms with Crippen LogP contribution in [0.3, 0.4) is 0 Å². The molecule has 4 rings (SSSR count). The number of carbonyl (C=O) groups excluding carboxylic acids is 1. The Morgan fingerprint density at radius 2 is 2.03 bits per heavy atom. The van der Waals surface area contributed by atoms with Crippen molar-refractivity contribution in [1.29, 1.82) is 0 Å². The average molecular weight is 452 g/mol. The number of aromatic nitrogens is 3. The Morgan fingerprint density at radius 3 is 2.88 bits per heavy atom. The number of methoxy groups -OCH3 is 2. The topological polar surface area (TPSA) is 94.6 Å². The first-order valence-electron chi connectivity index (χ1n) is 11.0. The lowest BCUT2D eigenvalue weighted by Gasteiger charge is -2.17. The highest BCUT2D eigenvalue weighted by Gasteiger charge is 2.19. The normalized spacial score (nSPS) is 14.2. The lowest BCUT2D eigenvalue weighted by molar-refractivity contribution is 0.0913. The largest absolute Gasteiger partial charge is 0.496 e. The van der Waals surface area contributed by atoms with E-state index in [1.54, 1.807) is 26.4 Å². The summed E-state index contributed by atoms with van der Waals surface area (Å²) in [6, 6.07) is 11.4. The number of nitrogens with zero attached hydrogens (tertiary/aromatic N) is 4. The van der Waals surface area contributed by atoms with Gasteiger partial charge in [-0.1, -0.05) is 30.4 Å². The molecule has 9 nitrogen and oxygen atoms in total. The number of nitrogens with one attached hydrogen (secondary N) is 1. The summed E-state index contributed by atoms with van der Waals surface area (Å²) in [5.74, 6) is 3.13. The molecule has 0 saturated heterocycles. The van der Waals surface area contributed by atoms with Crippen LogP contribution in [0.25, 0.3) is 6.08 Å². The number of furan rings is 1. The minimum atomic E-state index is -0.286. The van der Waals surface area contributed by atoms with Gasteiger partial charge in [0.15, 0.2) is 11.6 Å². The van der Waals surface area contributed by atoms with E-state index in [4.69, 9.17) is 13.9 Å². The number of rotatable bonds is 9. The van der Waals surface area contributed by atoms with Crippen molar-refractivity contribution in [2.24, 2.45) is 0 Å². The summed E-state index contributed by atoms with van der Waals surface area (Å²) in [5.41, 5.74) is 1.07. The molecule has 0 bridgehead atoms. The molecule has 1 amide bonds. The molecule has 174 valence electrons. The van der Waals surface area contributed by atoms with Gasteiger partial charge >= 0.3 is 0 Å². The fourth-order valence-corrected chi connectivity index (χ4v) is 3.84. The highest BCUT2D eigenvalue weighted by atomic mass is 16.5. The molecule has 1 aromatic carbocycles. The Kier molecular flexibility index (Phi) is 7.54. The van der Waals surface area contributed by atoms with Crippen LogP contribution in [-0.4, -0.2) is 59.4 Å². The Labute approximate surface area is 193 Å². The van der Waals surface area contributed by atoms with E-state index in [-0.39, 0.29) is 11.7 Å². The minimum Gasteiger partial charge on any atom is -0.496 e. The second kappa shape index (κ2) is 10.9. The molecule has 1 aliphatic rings. The maximum Gasteiger partial charge on any atom is 0.287 e. The highest BCUT2D eigenvalue weighted by Crippen LogP contribution is 2.19. The van der Waals surface area contributed by atoms with Crippen molar-refractivity contribution in [3.63, 3.8) is 0 Å². The van der Waals surface area contributed by atoms with Gasteiger partial charge in [0.05, 0.1) is 13.7 Å². The standard InChI is InChI=1S/C24H29N5O4/c1-31-17-19-9-10-21(33-19)24(30)25-16-23-27-26-22-11-13-28(14-15-29(22)23)12-5-7-18-6-3-4-8-20(18)32-2/h3-10H,11-17H2,1-2H3,(H,25,30). The second-order valence-electron chi connectivity index (χ2n) is 7.76. The molecule has 33 heavy (non-hydrogen) atoms. The number of ether oxygens (including phenoxy) is 2. The third kappa shape index (κ3) is 5.68. The highest BCUT2D eigenvalue weighted by molar-refractivity contribution is 5.91. The van der Waals surface area contributed by atoms with E-state index in [1.165, 1.54) is 0 Å². The van der Waals surface area contributed by atoms with Gasteiger partial charge in [0.2, 0.25) is 0 Å². The van der Waals surface area contributed by atoms with Crippen molar-refractivity contribution in [3.8, 4) is 5.75 Å². The van der Waals surface area contributed by atoms with E-state index in [0.29, 0.717) is 18.9 Å². The van der Waals surface area contributed by atoms with Crippen LogP contribution in [0.4, 0.5) is 0 Å². The number of benzene rings is 1. The first kappa shape index (κ1) is 22.8. The quantitative estimate of drug-likeness (QED) is 0.534. The number of hydrogen-bond donors (Lipinski definition) is 1. The zero-order chi connectivity index (χ0) is 23.0. The predicted octanol–water partition coefficient (Wildman–Crippen LogP) is 2.53. The number of amides is 1. The molecule has 2 aromatic heterocycles. The summed E-state index contributed by atoms with van der Waals surface area (Å²) in [6.45, 7) is 4.01. The summed E-state index contributed by atoms with van der Waals surface area (Å²) >= 11 is 0. The molecule has 1 N–H and O–H groups in total. The van der Waals surface area contributed by atoms with Crippen LogP contribution in [0.5, 0.6) is 5.75 Å². The van der Waals surface area contributed by atoms with E-state index in [0.717, 1.165) is 55.6 Å². The number of hydrogen-bond acceptors (Lipinski definition) is 7. The van der Waals surface area contributed by atoms with Crippen LogP contribution in [0.15, 0.2) is 46.9 Å². The molecule has 3 aromatic rings. The maximum absolute atomic E-state index is 12.4. The second-order valence-corrected chi connectivity index (χ2v) is 7.76. The van der Waals surface area contributed by atoms with E-state index in [1.807, 2.05) is 24.3 Å². The summed E-state index contributed by atoms with van der Waals surface area (Å²) in [5, 5.41) is 11.5. The number of carbonyl (C=O) groups is 1. The molecule has 0 unspecified atom stereocenters. The van der Waals surface area contributed by atoms with Gasteiger partial charge in [0.25, 0.3) is 5.91 Å². The molecule has 9 heteroatoms. The van der Waals surface area contributed by atoms with Crippen LogP contribution >= 0.6 is 0 Å². The first-order valence-corrected chi connectivity index (χ1v) is 11.0. The average Bonchev–Trinajstić information content (AvgIpc) is 3.41. The van der Waals surface area contributed by atoms with Crippen molar-refractivity contribution in [2.75, 3.05) is 33.9 Å². The van der Waals surface area contributed by atoms with Crippen LogP contribution in [-0.2, 0) is 30.9 Å². The summed E-state index contributed by atoms with van der Waals surface area (Å²) in [7, 11) is 3.27. The minimum absolute atomic E-state index is 0.255. The Morgan fingerprint density at radius 1 is 1.15 bits per heavy atom. The van der Waals surface area contributed by atoms with E-state index < -0.39 is 0 Å². The monoisotopic (exact) mass is 451 g/mol. The fraction of sp³-hybridized carbons (Fsp3) is 0.375. The SMILES string of the molecule is COCc1ccc(C(=O)NCc2nnc3n2CCN(CC=Cc2ccccc2OC)CC3)o1. The summed E-state index contributed by atoms with van der Waals surface area (Å²) < 4.78 is 18.0. The van der Waals surface area contributed by atoms with Crippen LogP contribution in [0.2, 0.25) is 0 Å². The number of para-hydroxylation sites is 1. The van der Waals surface area contributed by atoms with Crippen LogP contribution in [0, 0.1) is 0 Å². The Bertz CT molecular complexity index is 1100. The molecule has 0 aliphatic carbocycles. The van der Waals surface area contributed by atoms with E-state index in [9.17, 15) is 4.79 Å². The molecular formula is C24H29N5O4. The fourth-order valence-electron chi connectivity index (χ4n) is 3.84. The van der Waals surface area contributed by atoms with Crippen molar-refractivity contribution < 1.29 is 18.7 Å². The van der Waals surface area contributed by atoms with Crippen LogP contribution in [0.1, 0.15) is 33.5 Å². The van der Waals surface area contributed by atoms with Gasteiger partial charge in [0.1, 0.15) is 23.9 Å². The van der Waals surface area contributed by atoms with Gasteiger partial charge in [0, 0.05) is 45.3 Å². The van der Waals surface area contributed by atoms with Crippen molar-refractivity contribution in [3.05, 3.63) is 71.2 Å². The van der Waals surface area contributed by atoms with Gasteiger partial charge in [-0.2, -0.15) is 0 Å². The molecule has 0 radical (unpaired) electrons. The van der Waals surface area contributed by atoms with Gasteiger partial charge in [-0.05, 0) is 18.2 Å². The smallest absolute Gasteiger partial charge is 0.287 e. The molecule has 0 fully saturated rings. The molecule has 0 saturated carbocycles. The zero-order valence-electron chi connectivity index (χ0n) is 19.0. The van der Waals surface area contributed by atoms with Crippen molar-refractivity contribution >= 4 is 12.0 Å². The molecule has 0 spiro atoms. The first-order chi connectivity index (χ1) is 16.2. The van der Waals surface area contributed by atoms with E-state index >= 15 is 0 Å². The van der Waals surface area contributed by atoms with Crippen LogP contribution < -0.4 is 10.1 Å². The molecule has 3 heterocycles. The van der Waals surface area contributed by atoms with Crippen molar-refractivity contribution in [1.82, 2.24) is 25.0 Å². The van der Waals surface area contributed by atoms with Crippen molar-refractivity contribution in [2.45, 2.75) is 26.1 Å². The van der Waals surface area contributed by atoms with Gasteiger partial charge in [-0.15, -0.1) is 10.2 Å². The third-order valence-electron chi connectivity index (χ3n) is 5.57. The lowest BCUT2D eigenvalue weighted by Crippen LogP contribution is -2.28. The molecule has 1 aliphatic heterocycles. The molecule has 0 atom stereocenters. The lowest BCUT2D eigenvalue weighted by atomic mass is 10.2. The van der Waals surface area contributed by atoms with Gasteiger partial charge in [-0.3, -0.25) is 9.69 Å². The Balaban J connectivity index is 1.31. The number of fused-ring (bicyclic) bond motifs is 1. The molecular weight excluding hydrogens is 422 g/mol.